The first kappa shape index (κ1) is 17.7. The highest BCUT2D eigenvalue weighted by Gasteiger charge is 2.15. The van der Waals surface area contributed by atoms with Crippen LogP contribution in [0.15, 0.2) is 36.4 Å². The highest BCUT2D eigenvalue weighted by molar-refractivity contribution is 14.1. The smallest absolute Gasteiger partial charge is 0.259 e. The van der Waals surface area contributed by atoms with E-state index in [1.165, 1.54) is 7.11 Å². The summed E-state index contributed by atoms with van der Waals surface area (Å²) in [5.41, 5.74) is 1.89. The molecular weight excluding hydrogens is 455 g/mol. The van der Waals surface area contributed by atoms with Gasteiger partial charge in [0.2, 0.25) is 0 Å². The van der Waals surface area contributed by atoms with Gasteiger partial charge < -0.3 is 10.1 Å². The zero-order chi connectivity index (χ0) is 18.0. The molecule has 8 heteroatoms. The second-order valence-corrected chi connectivity index (χ2v) is 6.81. The lowest BCUT2D eigenvalue weighted by molar-refractivity contribution is 0.102. The maximum Gasteiger partial charge on any atom is 0.259 e. The van der Waals surface area contributed by atoms with Crippen LogP contribution < -0.4 is 10.1 Å². The van der Waals surface area contributed by atoms with E-state index in [1.807, 2.05) is 19.1 Å². The number of ether oxygens (including phenoxy) is 1. The van der Waals surface area contributed by atoms with Gasteiger partial charge in [0.1, 0.15) is 11.6 Å². The number of hydrogen-bond acceptors (Lipinski definition) is 4. The molecule has 1 amide bonds. The van der Waals surface area contributed by atoms with Crippen molar-refractivity contribution >= 4 is 45.8 Å². The van der Waals surface area contributed by atoms with Gasteiger partial charge in [-0.25, -0.2) is 4.98 Å². The van der Waals surface area contributed by atoms with Gasteiger partial charge in [-0.15, -0.1) is 0 Å². The topological polar surface area (TPSA) is 79.9 Å². The molecule has 2 N–H and O–H groups in total. The van der Waals surface area contributed by atoms with E-state index in [9.17, 15) is 4.79 Å². The number of rotatable bonds is 4. The van der Waals surface area contributed by atoms with Crippen LogP contribution in [0.5, 0.6) is 5.75 Å². The van der Waals surface area contributed by atoms with E-state index in [-0.39, 0.29) is 5.91 Å². The average molecular weight is 469 g/mol. The number of H-pyrrole nitrogens is 1. The molecule has 0 bridgehead atoms. The molecule has 25 heavy (non-hydrogen) atoms. The molecule has 6 nitrogen and oxygen atoms in total. The number of methoxy groups -OCH3 is 1. The van der Waals surface area contributed by atoms with Crippen molar-refractivity contribution in [3.8, 4) is 17.1 Å². The molecule has 1 aromatic heterocycles. The summed E-state index contributed by atoms with van der Waals surface area (Å²) in [6.45, 7) is 1.84. The number of nitrogens with zero attached hydrogens (tertiary/aromatic N) is 2. The Balaban J connectivity index is 1.80. The number of aromatic amines is 1. The number of aromatic nitrogens is 3. The maximum absolute atomic E-state index is 12.5. The minimum Gasteiger partial charge on any atom is -0.496 e. The van der Waals surface area contributed by atoms with Crippen molar-refractivity contribution in [2.75, 3.05) is 12.4 Å². The predicted octanol–water partition coefficient (Wildman–Crippen LogP) is 4.30. The molecule has 0 aliphatic heterocycles. The Labute approximate surface area is 163 Å². The maximum atomic E-state index is 12.5. The van der Waals surface area contributed by atoms with E-state index in [0.29, 0.717) is 27.8 Å². The summed E-state index contributed by atoms with van der Waals surface area (Å²) in [7, 11) is 1.52. The SMILES string of the molecule is COc1cc(I)c(Cl)cc1C(=O)Nc1ccc(-c2n[nH]c(C)n2)cc1. The Morgan fingerprint density at radius 3 is 2.60 bits per heavy atom. The van der Waals surface area contributed by atoms with Crippen LogP contribution in [-0.4, -0.2) is 28.2 Å². The summed E-state index contributed by atoms with van der Waals surface area (Å²) >= 11 is 8.21. The Bertz CT molecular complexity index is 925. The zero-order valence-electron chi connectivity index (χ0n) is 13.4. The van der Waals surface area contributed by atoms with Crippen LogP contribution in [0, 0.1) is 10.5 Å². The van der Waals surface area contributed by atoms with Gasteiger partial charge in [0.25, 0.3) is 5.91 Å². The number of carbonyl (C=O) groups excluding carboxylic acids is 1. The lowest BCUT2D eigenvalue weighted by Crippen LogP contribution is -2.13. The first-order valence-corrected chi connectivity index (χ1v) is 8.77. The van der Waals surface area contributed by atoms with Gasteiger partial charge in [-0.2, -0.15) is 5.10 Å². The summed E-state index contributed by atoms with van der Waals surface area (Å²) < 4.78 is 6.09. The third-order valence-corrected chi connectivity index (χ3v) is 5.01. The van der Waals surface area contributed by atoms with Crippen molar-refractivity contribution in [1.29, 1.82) is 0 Å². The van der Waals surface area contributed by atoms with E-state index >= 15 is 0 Å². The van der Waals surface area contributed by atoms with Crippen molar-refractivity contribution < 1.29 is 9.53 Å². The fourth-order valence-electron chi connectivity index (χ4n) is 2.25. The van der Waals surface area contributed by atoms with E-state index in [4.69, 9.17) is 16.3 Å². The Morgan fingerprint density at radius 1 is 1.28 bits per heavy atom. The lowest BCUT2D eigenvalue weighted by atomic mass is 10.1. The third kappa shape index (κ3) is 3.93. The van der Waals surface area contributed by atoms with Gasteiger partial charge in [-0.3, -0.25) is 9.89 Å². The van der Waals surface area contributed by atoms with Gasteiger partial charge in [-0.05, 0) is 65.9 Å². The van der Waals surface area contributed by atoms with Crippen LogP contribution in [-0.2, 0) is 0 Å². The van der Waals surface area contributed by atoms with Crippen LogP contribution in [0.25, 0.3) is 11.4 Å². The fourth-order valence-corrected chi connectivity index (χ4v) is 2.85. The number of amides is 1. The molecule has 2 aromatic carbocycles. The zero-order valence-corrected chi connectivity index (χ0v) is 16.3. The van der Waals surface area contributed by atoms with Crippen molar-refractivity contribution in [3.05, 3.63) is 56.4 Å². The number of hydrogen-bond donors (Lipinski definition) is 2. The quantitative estimate of drug-likeness (QED) is 0.560. The molecule has 0 radical (unpaired) electrons. The molecular formula is C17H14ClIN4O2. The number of halogens is 2. The molecule has 0 aliphatic rings. The van der Waals surface area contributed by atoms with Crippen LogP contribution in [0.3, 0.4) is 0 Å². The highest BCUT2D eigenvalue weighted by Crippen LogP contribution is 2.29. The van der Waals surface area contributed by atoms with Gasteiger partial charge in [0, 0.05) is 14.8 Å². The monoisotopic (exact) mass is 468 g/mol. The molecule has 0 saturated carbocycles. The molecule has 1 heterocycles. The molecule has 0 atom stereocenters. The van der Waals surface area contributed by atoms with E-state index in [0.717, 1.165) is 15.0 Å². The molecule has 0 unspecified atom stereocenters. The van der Waals surface area contributed by atoms with Crippen molar-refractivity contribution in [2.24, 2.45) is 0 Å². The van der Waals surface area contributed by atoms with Crippen molar-refractivity contribution in [3.63, 3.8) is 0 Å². The average Bonchev–Trinajstić information content (AvgIpc) is 3.04. The molecule has 3 rings (SSSR count). The first-order chi connectivity index (χ1) is 12.0. The fraction of sp³-hybridized carbons (Fsp3) is 0.118. The summed E-state index contributed by atoms with van der Waals surface area (Å²) in [6, 6.07) is 10.6. The number of nitrogens with one attached hydrogen (secondary N) is 2. The summed E-state index contributed by atoms with van der Waals surface area (Å²) in [6.07, 6.45) is 0. The lowest BCUT2D eigenvalue weighted by Gasteiger charge is -2.11. The number of anilines is 1. The molecule has 0 spiro atoms. The second-order valence-electron chi connectivity index (χ2n) is 5.24. The number of carbonyl (C=O) groups is 1. The Hall–Kier alpha value is -2.13. The van der Waals surface area contributed by atoms with E-state index in [1.54, 1.807) is 24.3 Å². The normalized spacial score (nSPS) is 10.6. The van der Waals surface area contributed by atoms with Crippen molar-refractivity contribution in [2.45, 2.75) is 6.92 Å². The van der Waals surface area contributed by atoms with Crippen LogP contribution in [0.2, 0.25) is 5.02 Å². The minimum absolute atomic E-state index is 0.295. The van der Waals surface area contributed by atoms with Gasteiger partial charge >= 0.3 is 0 Å². The summed E-state index contributed by atoms with van der Waals surface area (Å²) in [5, 5.41) is 10.2. The number of benzene rings is 2. The molecule has 0 aliphatic carbocycles. The Morgan fingerprint density at radius 2 is 2.00 bits per heavy atom. The Kier molecular flexibility index (Phi) is 5.24. The second kappa shape index (κ2) is 7.40. The van der Waals surface area contributed by atoms with Crippen LogP contribution in [0.4, 0.5) is 5.69 Å². The van der Waals surface area contributed by atoms with Gasteiger partial charge in [-0.1, -0.05) is 11.6 Å². The number of aryl methyl sites for hydroxylation is 1. The van der Waals surface area contributed by atoms with Crippen molar-refractivity contribution in [1.82, 2.24) is 15.2 Å². The van der Waals surface area contributed by atoms with Crippen LogP contribution >= 0.6 is 34.2 Å². The highest BCUT2D eigenvalue weighted by atomic mass is 127. The molecule has 3 aromatic rings. The van der Waals surface area contributed by atoms with Gasteiger partial charge in [0.15, 0.2) is 5.82 Å². The summed E-state index contributed by atoms with van der Waals surface area (Å²) in [4.78, 5) is 16.8. The van der Waals surface area contributed by atoms with E-state index < -0.39 is 0 Å². The first-order valence-electron chi connectivity index (χ1n) is 7.31. The van der Waals surface area contributed by atoms with E-state index in [2.05, 4.69) is 43.1 Å². The molecule has 0 fully saturated rings. The van der Waals surface area contributed by atoms with Crippen LogP contribution in [0.1, 0.15) is 16.2 Å². The summed E-state index contributed by atoms with van der Waals surface area (Å²) in [5.74, 6) is 1.53. The standard InChI is InChI=1S/C17H14ClIN4O2/c1-9-20-16(23-22-9)10-3-5-11(6-4-10)21-17(24)12-7-13(18)14(19)8-15(12)25-2/h3-8H,1-2H3,(H,21,24)(H,20,22,23). The molecule has 128 valence electrons. The largest absolute Gasteiger partial charge is 0.496 e. The van der Waals surface area contributed by atoms with Gasteiger partial charge in [0.05, 0.1) is 17.7 Å². The predicted molar refractivity (Wildman–Crippen MR) is 105 cm³/mol. The third-order valence-electron chi connectivity index (χ3n) is 3.49. The minimum atomic E-state index is -0.295. The molecule has 0 saturated heterocycles.